The molecule has 4 nitrogen and oxygen atoms in total. The molecule has 25 heavy (non-hydrogen) atoms. The minimum atomic E-state index is -0.396. The number of rotatable bonds is 2. The quantitative estimate of drug-likeness (QED) is 0.650. The first-order valence-corrected chi connectivity index (χ1v) is 8.29. The molecule has 1 aliphatic rings. The van der Waals surface area contributed by atoms with Crippen molar-refractivity contribution in [2.75, 3.05) is 5.32 Å². The predicted molar refractivity (Wildman–Crippen MR) is 99.7 cm³/mol. The molecule has 0 radical (unpaired) electrons. The van der Waals surface area contributed by atoms with E-state index < -0.39 is 5.91 Å². The number of benzene rings is 2. The minimum Gasteiger partial charge on any atom is -0.378 e. The van der Waals surface area contributed by atoms with E-state index in [1.165, 1.54) is 0 Å². The summed E-state index contributed by atoms with van der Waals surface area (Å²) in [6.07, 6.45) is 0.838. The zero-order chi connectivity index (χ0) is 18.0. The van der Waals surface area contributed by atoms with Crippen LogP contribution in [0.15, 0.2) is 54.1 Å². The molecule has 2 N–H and O–H groups in total. The molecule has 1 heterocycles. The van der Waals surface area contributed by atoms with E-state index in [1.54, 1.807) is 0 Å². The molecule has 1 aliphatic heterocycles. The lowest BCUT2D eigenvalue weighted by Crippen LogP contribution is -2.44. The Labute approximate surface area is 148 Å². The summed E-state index contributed by atoms with van der Waals surface area (Å²) >= 11 is 0. The molecule has 0 saturated carbocycles. The van der Waals surface area contributed by atoms with E-state index in [9.17, 15) is 10.1 Å². The van der Waals surface area contributed by atoms with Crippen LogP contribution < -0.4 is 10.6 Å². The van der Waals surface area contributed by atoms with Crippen LogP contribution in [0.3, 0.4) is 0 Å². The molecule has 0 aromatic heterocycles. The number of anilines is 1. The van der Waals surface area contributed by atoms with Crippen molar-refractivity contribution in [1.82, 2.24) is 5.32 Å². The normalized spacial score (nSPS) is 16.9. The highest BCUT2D eigenvalue weighted by Gasteiger charge is 2.31. The third-order valence-electron chi connectivity index (χ3n) is 4.36. The summed E-state index contributed by atoms with van der Waals surface area (Å²) in [5, 5.41) is 15.9. The standard InChI is InChI=1S/C21H21N3O/c1-14-8-4-7-11-18(14)23-20(25)17(13-22)19-16-10-6-5-9-15(16)12-21(2,3)24-19/h4-11,24H,12H2,1-3H3,(H,23,25). The predicted octanol–water partition coefficient (Wildman–Crippen LogP) is 3.79. The summed E-state index contributed by atoms with van der Waals surface area (Å²) in [7, 11) is 0. The van der Waals surface area contributed by atoms with Crippen molar-refractivity contribution in [3.05, 3.63) is 70.8 Å². The van der Waals surface area contributed by atoms with Gasteiger partial charge in [0.05, 0.1) is 5.70 Å². The molecule has 3 rings (SSSR count). The second kappa shape index (κ2) is 6.45. The molecule has 0 unspecified atom stereocenters. The summed E-state index contributed by atoms with van der Waals surface area (Å²) in [6.45, 7) is 6.06. The summed E-state index contributed by atoms with van der Waals surface area (Å²) < 4.78 is 0. The second-order valence-electron chi connectivity index (χ2n) is 6.97. The second-order valence-corrected chi connectivity index (χ2v) is 6.97. The van der Waals surface area contributed by atoms with Crippen LogP contribution in [0.5, 0.6) is 0 Å². The highest BCUT2D eigenvalue weighted by atomic mass is 16.1. The Hall–Kier alpha value is -3.06. The van der Waals surface area contributed by atoms with Gasteiger partial charge >= 0.3 is 0 Å². The van der Waals surface area contributed by atoms with E-state index >= 15 is 0 Å². The first kappa shape index (κ1) is 16.8. The fraction of sp³-hybridized carbons (Fsp3) is 0.238. The fourth-order valence-corrected chi connectivity index (χ4v) is 3.16. The minimum absolute atomic E-state index is 0.100. The van der Waals surface area contributed by atoms with Gasteiger partial charge in [0, 0.05) is 16.8 Å². The van der Waals surface area contributed by atoms with Crippen molar-refractivity contribution in [1.29, 1.82) is 5.26 Å². The largest absolute Gasteiger partial charge is 0.378 e. The average Bonchev–Trinajstić information content (AvgIpc) is 2.56. The van der Waals surface area contributed by atoms with E-state index in [4.69, 9.17) is 0 Å². The van der Waals surface area contributed by atoms with Crippen LogP contribution in [-0.2, 0) is 11.2 Å². The van der Waals surface area contributed by atoms with Crippen LogP contribution >= 0.6 is 0 Å². The first-order chi connectivity index (χ1) is 11.9. The van der Waals surface area contributed by atoms with Crippen LogP contribution in [0.2, 0.25) is 0 Å². The fourth-order valence-electron chi connectivity index (χ4n) is 3.16. The maximum atomic E-state index is 12.8. The summed E-state index contributed by atoms with van der Waals surface area (Å²) in [5.41, 5.74) is 4.19. The molecule has 2 aromatic carbocycles. The molecule has 4 heteroatoms. The number of carbonyl (C=O) groups excluding carboxylic acids is 1. The van der Waals surface area contributed by atoms with Crippen molar-refractivity contribution in [3.8, 4) is 6.07 Å². The summed E-state index contributed by atoms with van der Waals surface area (Å²) in [5.74, 6) is -0.396. The third-order valence-corrected chi connectivity index (χ3v) is 4.36. The van der Waals surface area contributed by atoms with Gasteiger partial charge in [-0.1, -0.05) is 42.5 Å². The van der Waals surface area contributed by atoms with Gasteiger partial charge < -0.3 is 10.6 Å². The molecule has 0 fully saturated rings. The number of aryl methyl sites for hydroxylation is 1. The lowest BCUT2D eigenvalue weighted by atomic mass is 9.84. The monoisotopic (exact) mass is 331 g/mol. The van der Waals surface area contributed by atoms with Gasteiger partial charge in [0.15, 0.2) is 0 Å². The Kier molecular flexibility index (Phi) is 4.33. The molecule has 2 aromatic rings. The van der Waals surface area contributed by atoms with Crippen molar-refractivity contribution >= 4 is 17.3 Å². The highest BCUT2D eigenvalue weighted by molar-refractivity contribution is 6.12. The van der Waals surface area contributed by atoms with Gasteiger partial charge in [-0.2, -0.15) is 5.26 Å². The number of hydrogen-bond acceptors (Lipinski definition) is 3. The molecule has 0 atom stereocenters. The van der Waals surface area contributed by atoms with Crippen LogP contribution in [0.4, 0.5) is 5.69 Å². The van der Waals surface area contributed by atoms with Crippen molar-refractivity contribution in [2.24, 2.45) is 0 Å². The Bertz CT molecular complexity index is 903. The Morgan fingerprint density at radius 1 is 1.16 bits per heavy atom. The topological polar surface area (TPSA) is 64.9 Å². The number of nitriles is 1. The lowest BCUT2D eigenvalue weighted by Gasteiger charge is -2.36. The maximum absolute atomic E-state index is 12.8. The number of fused-ring (bicyclic) bond motifs is 1. The van der Waals surface area contributed by atoms with Crippen LogP contribution in [0.1, 0.15) is 30.5 Å². The van der Waals surface area contributed by atoms with Crippen LogP contribution in [0, 0.1) is 18.3 Å². The molecule has 126 valence electrons. The van der Waals surface area contributed by atoms with Gasteiger partial charge in [-0.3, -0.25) is 4.79 Å². The number of carbonyl (C=O) groups is 1. The molecule has 0 aliphatic carbocycles. The van der Waals surface area contributed by atoms with Gasteiger partial charge in [0.25, 0.3) is 5.91 Å². The number of para-hydroxylation sites is 1. The van der Waals surface area contributed by atoms with Crippen LogP contribution in [0.25, 0.3) is 5.70 Å². The SMILES string of the molecule is Cc1ccccc1NC(=O)C(C#N)=C1NC(C)(C)Cc2ccccc21. The van der Waals surface area contributed by atoms with E-state index in [-0.39, 0.29) is 11.1 Å². The van der Waals surface area contributed by atoms with E-state index in [0.29, 0.717) is 11.4 Å². The molecule has 1 amide bonds. The molecule has 0 spiro atoms. The van der Waals surface area contributed by atoms with Gasteiger partial charge in [0.1, 0.15) is 11.6 Å². The van der Waals surface area contributed by atoms with Crippen molar-refractivity contribution in [2.45, 2.75) is 32.7 Å². The van der Waals surface area contributed by atoms with Crippen molar-refractivity contribution in [3.63, 3.8) is 0 Å². The molecule has 0 bridgehead atoms. The Morgan fingerprint density at radius 3 is 2.56 bits per heavy atom. The Morgan fingerprint density at radius 2 is 1.84 bits per heavy atom. The maximum Gasteiger partial charge on any atom is 0.268 e. The van der Waals surface area contributed by atoms with E-state index in [2.05, 4.69) is 30.6 Å². The van der Waals surface area contributed by atoms with Gasteiger partial charge in [-0.05, 0) is 44.4 Å². The smallest absolute Gasteiger partial charge is 0.268 e. The zero-order valence-corrected chi connectivity index (χ0v) is 14.7. The Balaban J connectivity index is 2.05. The van der Waals surface area contributed by atoms with Gasteiger partial charge in [-0.15, -0.1) is 0 Å². The number of nitrogens with one attached hydrogen (secondary N) is 2. The molecular weight excluding hydrogens is 310 g/mol. The third kappa shape index (κ3) is 3.41. The van der Waals surface area contributed by atoms with Crippen molar-refractivity contribution < 1.29 is 4.79 Å². The lowest BCUT2D eigenvalue weighted by molar-refractivity contribution is -0.112. The highest BCUT2D eigenvalue weighted by Crippen LogP contribution is 2.31. The van der Waals surface area contributed by atoms with E-state index in [0.717, 1.165) is 23.1 Å². The van der Waals surface area contributed by atoms with Gasteiger partial charge in [-0.25, -0.2) is 0 Å². The average molecular weight is 331 g/mol. The number of nitrogens with zero attached hydrogens (tertiary/aromatic N) is 1. The molecule has 0 saturated heterocycles. The van der Waals surface area contributed by atoms with E-state index in [1.807, 2.05) is 55.5 Å². The summed E-state index contributed by atoms with van der Waals surface area (Å²) in [4.78, 5) is 12.8. The molecular formula is C21H21N3O. The number of amides is 1. The van der Waals surface area contributed by atoms with Crippen LogP contribution in [-0.4, -0.2) is 11.4 Å². The zero-order valence-electron chi connectivity index (χ0n) is 14.7. The summed E-state index contributed by atoms with van der Waals surface area (Å²) in [6, 6.07) is 17.5. The van der Waals surface area contributed by atoms with Gasteiger partial charge in [0.2, 0.25) is 0 Å². The number of hydrogen-bond donors (Lipinski definition) is 2. The first-order valence-electron chi connectivity index (χ1n) is 8.29.